The molecule has 5 heteroatoms. The predicted molar refractivity (Wildman–Crippen MR) is 109 cm³/mol. The Morgan fingerprint density at radius 3 is 2.44 bits per heavy atom. The topological polar surface area (TPSA) is 55.3 Å². The second-order valence-corrected chi connectivity index (χ2v) is 6.58. The van der Waals surface area contributed by atoms with Crippen molar-refractivity contribution in [2.75, 3.05) is 12.4 Å². The molecule has 27 heavy (non-hydrogen) atoms. The molecule has 0 saturated heterocycles. The van der Waals surface area contributed by atoms with Crippen LogP contribution in [0, 0.1) is 20.8 Å². The molecule has 0 radical (unpaired) electrons. The predicted octanol–water partition coefficient (Wildman–Crippen LogP) is 4.73. The monoisotopic (exact) mass is 363 g/mol. The standard InChI is InChI=1S/C22H25N3O2/c1-15-9-11-19(12-10-15)25-16(2)13-18(17(25)3)14-23-22(26)24-20-7-5-6-8-21(20)27-4/h5-13H,14H2,1-4H3,(H2,23,24,26). The molecule has 3 rings (SSSR count). The van der Waals surface area contributed by atoms with Crippen molar-refractivity contribution in [3.8, 4) is 11.4 Å². The second-order valence-electron chi connectivity index (χ2n) is 6.58. The van der Waals surface area contributed by atoms with E-state index in [-0.39, 0.29) is 6.03 Å². The number of aryl methyl sites for hydroxylation is 2. The molecule has 140 valence electrons. The van der Waals surface area contributed by atoms with Crippen molar-refractivity contribution in [2.45, 2.75) is 27.3 Å². The van der Waals surface area contributed by atoms with Crippen LogP contribution in [-0.2, 0) is 6.54 Å². The van der Waals surface area contributed by atoms with Crippen molar-refractivity contribution in [1.29, 1.82) is 0 Å². The summed E-state index contributed by atoms with van der Waals surface area (Å²) in [5.41, 5.74) is 6.34. The van der Waals surface area contributed by atoms with Crippen molar-refractivity contribution in [1.82, 2.24) is 9.88 Å². The molecule has 0 spiro atoms. The maximum atomic E-state index is 12.3. The Balaban J connectivity index is 1.70. The van der Waals surface area contributed by atoms with Crippen molar-refractivity contribution in [2.24, 2.45) is 0 Å². The third-order valence-corrected chi connectivity index (χ3v) is 4.62. The molecule has 0 unspecified atom stereocenters. The first-order valence-electron chi connectivity index (χ1n) is 8.92. The van der Waals surface area contributed by atoms with Crippen LogP contribution in [0.1, 0.15) is 22.5 Å². The summed E-state index contributed by atoms with van der Waals surface area (Å²) in [5, 5.41) is 5.75. The summed E-state index contributed by atoms with van der Waals surface area (Å²) in [6.07, 6.45) is 0. The average Bonchev–Trinajstić information content (AvgIpc) is 2.95. The first kappa shape index (κ1) is 18.6. The number of nitrogens with zero attached hydrogens (tertiary/aromatic N) is 1. The zero-order valence-electron chi connectivity index (χ0n) is 16.2. The van der Waals surface area contributed by atoms with E-state index in [0.717, 1.165) is 22.6 Å². The van der Waals surface area contributed by atoms with Crippen LogP contribution in [0.2, 0.25) is 0 Å². The molecule has 0 aliphatic heterocycles. The highest BCUT2D eigenvalue weighted by molar-refractivity contribution is 5.90. The smallest absolute Gasteiger partial charge is 0.319 e. The van der Waals surface area contributed by atoms with Gasteiger partial charge in [-0.25, -0.2) is 4.79 Å². The van der Waals surface area contributed by atoms with Gasteiger partial charge in [0, 0.05) is 23.6 Å². The number of carbonyl (C=O) groups excluding carboxylic acids is 1. The molecule has 2 aromatic carbocycles. The number of rotatable bonds is 5. The van der Waals surface area contributed by atoms with Gasteiger partial charge in [-0.15, -0.1) is 0 Å². The number of methoxy groups -OCH3 is 1. The molecule has 1 aromatic heterocycles. The molecule has 0 saturated carbocycles. The summed E-state index contributed by atoms with van der Waals surface area (Å²) in [4.78, 5) is 12.3. The Morgan fingerprint density at radius 2 is 1.74 bits per heavy atom. The van der Waals surface area contributed by atoms with Crippen LogP contribution in [-0.4, -0.2) is 17.7 Å². The van der Waals surface area contributed by atoms with Gasteiger partial charge in [-0.2, -0.15) is 0 Å². The van der Waals surface area contributed by atoms with Crippen molar-refractivity contribution >= 4 is 11.7 Å². The molecule has 1 heterocycles. The van der Waals surface area contributed by atoms with E-state index in [2.05, 4.69) is 66.3 Å². The van der Waals surface area contributed by atoms with E-state index in [0.29, 0.717) is 18.0 Å². The van der Waals surface area contributed by atoms with Gasteiger partial charge in [-0.3, -0.25) is 0 Å². The maximum absolute atomic E-state index is 12.3. The van der Waals surface area contributed by atoms with Gasteiger partial charge in [0.1, 0.15) is 5.75 Å². The summed E-state index contributed by atoms with van der Waals surface area (Å²) >= 11 is 0. The molecule has 0 atom stereocenters. The number of ether oxygens (including phenoxy) is 1. The van der Waals surface area contributed by atoms with E-state index in [4.69, 9.17) is 4.74 Å². The summed E-state index contributed by atoms with van der Waals surface area (Å²) in [6, 6.07) is 17.6. The Morgan fingerprint density at radius 1 is 1.04 bits per heavy atom. The highest BCUT2D eigenvalue weighted by atomic mass is 16.5. The molecule has 0 fully saturated rings. The summed E-state index contributed by atoms with van der Waals surface area (Å²) in [7, 11) is 1.58. The van der Waals surface area contributed by atoms with E-state index >= 15 is 0 Å². The van der Waals surface area contributed by atoms with E-state index < -0.39 is 0 Å². The van der Waals surface area contributed by atoms with Crippen LogP contribution in [0.15, 0.2) is 54.6 Å². The molecule has 2 N–H and O–H groups in total. The number of aromatic nitrogens is 1. The number of amides is 2. The van der Waals surface area contributed by atoms with E-state index in [1.54, 1.807) is 7.11 Å². The summed E-state index contributed by atoms with van der Waals surface area (Å²) in [5.74, 6) is 0.630. The van der Waals surface area contributed by atoms with Crippen LogP contribution in [0.5, 0.6) is 5.75 Å². The highest BCUT2D eigenvalue weighted by Gasteiger charge is 2.12. The first-order valence-corrected chi connectivity index (χ1v) is 8.92. The Kier molecular flexibility index (Phi) is 5.50. The van der Waals surface area contributed by atoms with Gasteiger partial charge < -0.3 is 19.9 Å². The largest absolute Gasteiger partial charge is 0.495 e. The van der Waals surface area contributed by atoms with Gasteiger partial charge in [0.05, 0.1) is 12.8 Å². The third kappa shape index (κ3) is 4.14. The molecule has 5 nitrogen and oxygen atoms in total. The normalized spacial score (nSPS) is 10.5. The van der Waals surface area contributed by atoms with Gasteiger partial charge >= 0.3 is 6.03 Å². The zero-order chi connectivity index (χ0) is 19.4. The van der Waals surface area contributed by atoms with Gasteiger partial charge in [0.15, 0.2) is 0 Å². The van der Waals surface area contributed by atoms with E-state index in [1.165, 1.54) is 5.56 Å². The van der Waals surface area contributed by atoms with Crippen molar-refractivity contribution in [3.63, 3.8) is 0 Å². The fourth-order valence-electron chi connectivity index (χ4n) is 3.19. The fraction of sp³-hybridized carbons (Fsp3) is 0.227. The van der Waals surface area contributed by atoms with Crippen LogP contribution >= 0.6 is 0 Å². The highest BCUT2D eigenvalue weighted by Crippen LogP contribution is 2.23. The van der Waals surface area contributed by atoms with Gasteiger partial charge in [0.2, 0.25) is 0 Å². The lowest BCUT2D eigenvalue weighted by atomic mass is 10.2. The number of urea groups is 1. The van der Waals surface area contributed by atoms with Crippen LogP contribution in [0.3, 0.4) is 0 Å². The fourth-order valence-corrected chi connectivity index (χ4v) is 3.19. The lowest BCUT2D eigenvalue weighted by Crippen LogP contribution is -2.28. The molecule has 3 aromatic rings. The number of benzene rings is 2. The molecule has 2 amide bonds. The SMILES string of the molecule is COc1ccccc1NC(=O)NCc1cc(C)n(-c2ccc(C)cc2)c1C. The third-order valence-electron chi connectivity index (χ3n) is 4.62. The lowest BCUT2D eigenvalue weighted by molar-refractivity contribution is 0.251. The van der Waals surface area contributed by atoms with Crippen LogP contribution in [0.4, 0.5) is 10.5 Å². The lowest BCUT2D eigenvalue weighted by Gasteiger charge is -2.12. The Hall–Kier alpha value is -3.21. The minimum atomic E-state index is -0.264. The minimum Gasteiger partial charge on any atom is -0.495 e. The van der Waals surface area contributed by atoms with E-state index in [1.807, 2.05) is 24.3 Å². The summed E-state index contributed by atoms with van der Waals surface area (Å²) in [6.45, 7) is 6.68. The number of carbonyl (C=O) groups is 1. The van der Waals surface area contributed by atoms with Gasteiger partial charge in [-0.1, -0.05) is 29.8 Å². The average molecular weight is 363 g/mol. The molecular weight excluding hydrogens is 338 g/mol. The van der Waals surface area contributed by atoms with Crippen LogP contribution < -0.4 is 15.4 Å². The Bertz CT molecular complexity index is 943. The number of hydrogen-bond acceptors (Lipinski definition) is 2. The second kappa shape index (κ2) is 7.99. The van der Waals surface area contributed by atoms with Crippen molar-refractivity contribution in [3.05, 3.63) is 77.1 Å². The molecule has 0 bridgehead atoms. The Labute approximate surface area is 160 Å². The van der Waals surface area contributed by atoms with Gasteiger partial charge in [-0.05, 0) is 56.7 Å². The molecular formula is C22H25N3O2. The van der Waals surface area contributed by atoms with Crippen LogP contribution in [0.25, 0.3) is 5.69 Å². The van der Waals surface area contributed by atoms with Crippen molar-refractivity contribution < 1.29 is 9.53 Å². The maximum Gasteiger partial charge on any atom is 0.319 e. The number of anilines is 1. The van der Waals surface area contributed by atoms with E-state index in [9.17, 15) is 4.79 Å². The number of nitrogens with one attached hydrogen (secondary N) is 2. The zero-order valence-corrected chi connectivity index (χ0v) is 16.2. The minimum absolute atomic E-state index is 0.264. The van der Waals surface area contributed by atoms with Gasteiger partial charge in [0.25, 0.3) is 0 Å². The summed E-state index contributed by atoms with van der Waals surface area (Å²) < 4.78 is 7.46. The molecule has 0 aliphatic carbocycles. The molecule has 0 aliphatic rings. The number of para-hydroxylation sites is 2. The number of hydrogen-bond donors (Lipinski definition) is 2. The quantitative estimate of drug-likeness (QED) is 0.688. The first-order chi connectivity index (χ1) is 13.0.